The molecule has 2 N–H and O–H groups in total. The molecule has 0 radical (unpaired) electrons. The summed E-state index contributed by atoms with van der Waals surface area (Å²) in [6, 6.07) is 31.0. The lowest BCUT2D eigenvalue weighted by molar-refractivity contribution is -0.143. The molecule has 0 aliphatic carbocycles. The number of pyridine rings is 1. The molecule has 1 atom stereocenters. The van der Waals surface area contributed by atoms with Gasteiger partial charge in [0.2, 0.25) is 5.91 Å². The maximum absolute atomic E-state index is 13.9. The van der Waals surface area contributed by atoms with Crippen LogP contribution in [-0.2, 0) is 32.7 Å². The first-order valence-electron chi connectivity index (χ1n) is 14.9. The van der Waals surface area contributed by atoms with E-state index >= 15 is 0 Å². The van der Waals surface area contributed by atoms with Gasteiger partial charge in [0.25, 0.3) is 15.9 Å². The van der Waals surface area contributed by atoms with Gasteiger partial charge in [-0.1, -0.05) is 48.5 Å². The van der Waals surface area contributed by atoms with E-state index in [0.717, 1.165) is 17.7 Å². The van der Waals surface area contributed by atoms with Crippen molar-refractivity contribution >= 4 is 27.5 Å². The zero-order valence-electron chi connectivity index (χ0n) is 26.0. The number of halogens is 1. The highest BCUT2D eigenvalue weighted by Crippen LogP contribution is 2.26. The highest BCUT2D eigenvalue weighted by atomic mass is 32.2. The topological polar surface area (TPSA) is 127 Å². The van der Waals surface area contributed by atoms with E-state index in [2.05, 4.69) is 15.0 Å². The third kappa shape index (κ3) is 8.95. The Kier molecular flexibility index (Phi) is 11.0. The SMILES string of the molecule is COc1ccc(CN(C(=O)COc2ccc(S(=O)(=O)Nc3ccc(F)cc3)cc2)[C@@H](C(=O)NCc2ccccn2)c2ccccc2)cc1. The number of hydrogen-bond donors (Lipinski definition) is 2. The number of sulfonamides is 1. The zero-order valence-corrected chi connectivity index (χ0v) is 26.8. The zero-order chi connectivity index (χ0) is 33.9. The normalized spacial score (nSPS) is 11.6. The fourth-order valence-corrected chi connectivity index (χ4v) is 5.87. The minimum Gasteiger partial charge on any atom is -0.497 e. The van der Waals surface area contributed by atoms with E-state index in [-0.39, 0.29) is 29.4 Å². The summed E-state index contributed by atoms with van der Waals surface area (Å²) in [6.07, 6.45) is 1.64. The van der Waals surface area contributed by atoms with Gasteiger partial charge < -0.3 is 19.7 Å². The summed E-state index contributed by atoms with van der Waals surface area (Å²) in [5, 5.41) is 2.91. The van der Waals surface area contributed by atoms with Crippen molar-refractivity contribution < 1.29 is 31.9 Å². The summed E-state index contributed by atoms with van der Waals surface area (Å²) in [4.78, 5) is 33.4. The molecule has 12 heteroatoms. The molecular formula is C36H33FN4O6S. The highest BCUT2D eigenvalue weighted by Gasteiger charge is 2.32. The molecule has 10 nitrogen and oxygen atoms in total. The molecule has 0 aliphatic rings. The number of rotatable bonds is 14. The molecule has 0 spiro atoms. The molecule has 4 aromatic carbocycles. The van der Waals surface area contributed by atoms with Crippen LogP contribution in [0.3, 0.4) is 0 Å². The number of nitrogens with zero attached hydrogens (tertiary/aromatic N) is 2. The lowest BCUT2D eigenvalue weighted by atomic mass is 10.0. The second kappa shape index (κ2) is 15.7. The fourth-order valence-electron chi connectivity index (χ4n) is 4.81. The molecule has 1 heterocycles. The van der Waals surface area contributed by atoms with Crippen LogP contribution in [0, 0.1) is 5.82 Å². The van der Waals surface area contributed by atoms with Gasteiger partial charge in [-0.25, -0.2) is 12.8 Å². The fraction of sp³-hybridized carbons (Fsp3) is 0.139. The number of carbonyl (C=O) groups is 2. The van der Waals surface area contributed by atoms with E-state index in [4.69, 9.17) is 9.47 Å². The molecule has 0 aliphatic heterocycles. The third-order valence-electron chi connectivity index (χ3n) is 7.27. The standard InChI is InChI=1S/C36H33FN4O6S/c1-46-31-16-10-26(11-17-31)24-41(35(27-7-3-2-4-8-27)36(43)39-23-30-9-5-6-22-38-30)34(42)25-47-32-18-20-33(21-19-32)48(44,45)40-29-14-12-28(37)13-15-29/h2-22,35,40H,23-25H2,1H3,(H,39,43)/t35-/m1/s1. The lowest BCUT2D eigenvalue weighted by Gasteiger charge is -2.31. The minimum absolute atomic E-state index is 0.0552. The second-order valence-corrected chi connectivity index (χ2v) is 12.3. The van der Waals surface area contributed by atoms with Crippen LogP contribution in [0.5, 0.6) is 11.5 Å². The maximum Gasteiger partial charge on any atom is 0.261 e. The van der Waals surface area contributed by atoms with Crippen LogP contribution in [0.25, 0.3) is 0 Å². The minimum atomic E-state index is -3.97. The molecule has 5 aromatic rings. The van der Waals surface area contributed by atoms with Gasteiger partial charge in [-0.3, -0.25) is 19.3 Å². The number of hydrogen-bond acceptors (Lipinski definition) is 7. The monoisotopic (exact) mass is 668 g/mol. The Morgan fingerprint density at radius 3 is 2.15 bits per heavy atom. The maximum atomic E-state index is 13.9. The van der Waals surface area contributed by atoms with Crippen molar-refractivity contribution in [1.29, 1.82) is 0 Å². The molecular weight excluding hydrogens is 635 g/mol. The molecule has 48 heavy (non-hydrogen) atoms. The number of methoxy groups -OCH3 is 1. The van der Waals surface area contributed by atoms with Crippen LogP contribution >= 0.6 is 0 Å². The van der Waals surface area contributed by atoms with Crippen molar-refractivity contribution in [1.82, 2.24) is 15.2 Å². The van der Waals surface area contributed by atoms with Crippen molar-refractivity contribution in [2.75, 3.05) is 18.4 Å². The van der Waals surface area contributed by atoms with Crippen molar-refractivity contribution in [2.45, 2.75) is 24.0 Å². The average molecular weight is 669 g/mol. The summed E-state index contributed by atoms with van der Waals surface area (Å²) in [5.74, 6) is -0.494. The lowest BCUT2D eigenvalue weighted by Crippen LogP contribution is -2.45. The van der Waals surface area contributed by atoms with Crippen molar-refractivity contribution in [3.63, 3.8) is 0 Å². The molecule has 0 unspecified atom stereocenters. The summed E-state index contributed by atoms with van der Waals surface area (Å²) in [6.45, 7) is -0.197. The Labute approximate surface area is 278 Å². The Balaban J connectivity index is 1.36. The van der Waals surface area contributed by atoms with Crippen LogP contribution in [0.1, 0.15) is 22.9 Å². The van der Waals surface area contributed by atoms with Crippen molar-refractivity contribution in [3.05, 3.63) is 150 Å². The third-order valence-corrected chi connectivity index (χ3v) is 8.67. The van der Waals surface area contributed by atoms with Crippen molar-refractivity contribution in [2.24, 2.45) is 0 Å². The van der Waals surface area contributed by atoms with E-state index in [9.17, 15) is 22.4 Å². The Morgan fingerprint density at radius 1 is 0.833 bits per heavy atom. The molecule has 1 aromatic heterocycles. The highest BCUT2D eigenvalue weighted by molar-refractivity contribution is 7.92. The number of amides is 2. The largest absolute Gasteiger partial charge is 0.497 e. The Bertz CT molecular complexity index is 1910. The molecule has 0 bridgehead atoms. The molecule has 5 rings (SSSR count). The van der Waals surface area contributed by atoms with Crippen LogP contribution in [0.4, 0.5) is 10.1 Å². The van der Waals surface area contributed by atoms with E-state index in [1.165, 1.54) is 41.3 Å². The van der Waals surface area contributed by atoms with E-state index in [0.29, 0.717) is 17.0 Å². The smallest absolute Gasteiger partial charge is 0.261 e. The van der Waals surface area contributed by atoms with Gasteiger partial charge in [-0.05, 0) is 83.9 Å². The van der Waals surface area contributed by atoms with Gasteiger partial charge in [-0.15, -0.1) is 0 Å². The summed E-state index contributed by atoms with van der Waals surface area (Å²) >= 11 is 0. The number of benzene rings is 4. The molecule has 0 saturated heterocycles. The van der Waals surface area contributed by atoms with E-state index < -0.39 is 40.3 Å². The van der Waals surface area contributed by atoms with Gasteiger partial charge in [0.15, 0.2) is 6.61 Å². The predicted molar refractivity (Wildman–Crippen MR) is 178 cm³/mol. The molecule has 246 valence electrons. The first kappa shape index (κ1) is 33.6. The summed E-state index contributed by atoms with van der Waals surface area (Å²) in [7, 11) is -2.41. The van der Waals surface area contributed by atoms with Gasteiger partial charge in [-0.2, -0.15) is 0 Å². The quantitative estimate of drug-likeness (QED) is 0.160. The van der Waals surface area contributed by atoms with Crippen LogP contribution in [-0.4, -0.2) is 43.8 Å². The first-order chi connectivity index (χ1) is 23.2. The van der Waals surface area contributed by atoms with Gasteiger partial charge in [0, 0.05) is 18.4 Å². The second-order valence-electron chi connectivity index (χ2n) is 10.6. The number of carbonyl (C=O) groups excluding carboxylic acids is 2. The molecule has 0 saturated carbocycles. The van der Waals surface area contributed by atoms with E-state index in [1.807, 2.05) is 24.3 Å². The summed E-state index contributed by atoms with van der Waals surface area (Å²) in [5.41, 5.74) is 2.22. The Morgan fingerprint density at radius 2 is 1.50 bits per heavy atom. The number of aromatic nitrogens is 1. The van der Waals surface area contributed by atoms with Crippen LogP contribution in [0.2, 0.25) is 0 Å². The van der Waals surface area contributed by atoms with Gasteiger partial charge >= 0.3 is 0 Å². The van der Waals surface area contributed by atoms with Crippen LogP contribution < -0.4 is 19.5 Å². The summed E-state index contributed by atoms with van der Waals surface area (Å²) < 4.78 is 52.4. The average Bonchev–Trinajstić information content (AvgIpc) is 3.11. The van der Waals surface area contributed by atoms with Gasteiger partial charge in [0.1, 0.15) is 23.4 Å². The predicted octanol–water partition coefficient (Wildman–Crippen LogP) is 5.50. The number of nitrogens with one attached hydrogen (secondary N) is 2. The number of anilines is 1. The first-order valence-corrected chi connectivity index (χ1v) is 16.4. The van der Waals surface area contributed by atoms with E-state index in [1.54, 1.807) is 61.8 Å². The van der Waals surface area contributed by atoms with Crippen LogP contribution in [0.15, 0.2) is 132 Å². The Hall–Kier alpha value is -5.75. The van der Waals surface area contributed by atoms with Gasteiger partial charge in [0.05, 0.1) is 24.2 Å². The molecule has 0 fully saturated rings. The molecule has 2 amide bonds. The number of ether oxygens (including phenoxy) is 2. The van der Waals surface area contributed by atoms with Crippen molar-refractivity contribution in [3.8, 4) is 11.5 Å².